The summed E-state index contributed by atoms with van der Waals surface area (Å²) in [6.45, 7) is 8.14. The Morgan fingerprint density at radius 1 is 1.00 bits per heavy atom. The van der Waals surface area contributed by atoms with Crippen molar-refractivity contribution in [3.63, 3.8) is 0 Å². The molecule has 5 nitrogen and oxygen atoms in total. The molecule has 0 saturated carbocycles. The molecule has 1 radical (unpaired) electrons. The number of imidazole rings is 1. The zero-order valence-corrected chi connectivity index (χ0v) is 21.5. The van der Waals surface area contributed by atoms with E-state index >= 15 is 0 Å². The largest absolute Gasteiger partial charge is 0.371 e. The minimum atomic E-state index is 0. The first-order valence-corrected chi connectivity index (χ1v) is 11.1. The number of nitriles is 1. The molecule has 0 N–H and O–H groups in total. The van der Waals surface area contributed by atoms with Crippen molar-refractivity contribution in [3.05, 3.63) is 126 Å². The third-order valence-corrected chi connectivity index (χ3v) is 5.75. The van der Waals surface area contributed by atoms with Gasteiger partial charge in [-0.2, -0.15) is 0 Å². The van der Waals surface area contributed by atoms with E-state index in [9.17, 15) is 0 Å². The van der Waals surface area contributed by atoms with E-state index in [0.29, 0.717) is 22.5 Å². The van der Waals surface area contributed by atoms with Crippen LogP contribution in [0.2, 0.25) is 0 Å². The van der Waals surface area contributed by atoms with E-state index in [1.807, 2.05) is 73.1 Å². The van der Waals surface area contributed by atoms with Crippen molar-refractivity contribution in [1.82, 2.24) is 14.5 Å². The molecule has 0 spiro atoms. The van der Waals surface area contributed by atoms with Crippen LogP contribution in [0.25, 0.3) is 38.6 Å². The fraction of sp³-hybridized carbons (Fsp3) is 0.0667. The predicted molar refractivity (Wildman–Crippen MR) is 135 cm³/mol. The van der Waals surface area contributed by atoms with Crippen molar-refractivity contribution < 1.29 is 20.1 Å². The number of aromatic nitrogens is 3. The number of aryl methyl sites for hydroxylation is 2. The molecule has 1 aliphatic rings. The summed E-state index contributed by atoms with van der Waals surface area (Å²) in [6, 6.07) is 31.4. The fourth-order valence-electron chi connectivity index (χ4n) is 4.02. The third-order valence-electron chi connectivity index (χ3n) is 5.75. The van der Waals surface area contributed by atoms with Gasteiger partial charge in [-0.3, -0.25) is 14.8 Å². The quantitative estimate of drug-likeness (QED) is 0.206. The smallest absolute Gasteiger partial charge is 0.125 e. The topological polar surface area (TPSA) is 58.9 Å². The second-order valence-corrected chi connectivity index (χ2v) is 7.95. The van der Waals surface area contributed by atoms with Gasteiger partial charge in [0, 0.05) is 50.9 Å². The first-order valence-electron chi connectivity index (χ1n) is 11.1. The Bertz CT molecular complexity index is 1530. The molecule has 36 heavy (non-hydrogen) atoms. The Hall–Kier alpha value is -4.35. The van der Waals surface area contributed by atoms with E-state index in [0.717, 1.165) is 29.9 Å². The fourth-order valence-corrected chi connectivity index (χ4v) is 4.02. The van der Waals surface area contributed by atoms with Crippen LogP contribution in [0.15, 0.2) is 91.4 Å². The molecule has 3 heterocycles. The van der Waals surface area contributed by atoms with Gasteiger partial charge in [-0.25, -0.2) is 5.26 Å². The maximum Gasteiger partial charge on any atom is 0.125 e. The van der Waals surface area contributed by atoms with Gasteiger partial charge in [0.05, 0.1) is 12.4 Å². The van der Waals surface area contributed by atoms with Gasteiger partial charge in [-0.05, 0) is 23.6 Å². The molecule has 3 aromatic carbocycles. The van der Waals surface area contributed by atoms with Crippen molar-refractivity contribution in [3.8, 4) is 39.8 Å². The molecular weight excluding hydrogens is 623 g/mol. The number of hydrogen-bond acceptors (Lipinski definition) is 3. The molecule has 0 aliphatic carbocycles. The van der Waals surface area contributed by atoms with E-state index in [4.69, 9.17) is 11.8 Å². The Morgan fingerprint density at radius 2 is 1.86 bits per heavy atom. The van der Waals surface area contributed by atoms with Gasteiger partial charge in [0.15, 0.2) is 0 Å². The van der Waals surface area contributed by atoms with E-state index in [-0.39, 0.29) is 20.1 Å². The zero-order chi connectivity index (χ0) is 24.0. The third kappa shape index (κ3) is 5.32. The van der Waals surface area contributed by atoms with Crippen LogP contribution in [0.5, 0.6) is 0 Å². The van der Waals surface area contributed by atoms with Crippen LogP contribution in [0.1, 0.15) is 11.1 Å². The molecule has 6 rings (SSSR count). The number of nitrogens with zero attached hydrogens (tertiary/aromatic N) is 5. The molecule has 175 valence electrons. The van der Waals surface area contributed by atoms with Crippen LogP contribution >= 0.6 is 0 Å². The Morgan fingerprint density at radius 3 is 2.61 bits per heavy atom. The molecular formula is C30H19IrN5-2. The summed E-state index contributed by atoms with van der Waals surface area (Å²) in [7, 11) is 0. The summed E-state index contributed by atoms with van der Waals surface area (Å²) in [6.07, 6.45) is 6.76. The van der Waals surface area contributed by atoms with Crippen LogP contribution in [-0.4, -0.2) is 14.5 Å². The SMILES string of the molecule is [C-]#[N+]c1cc(C#N)[c-]c(-c2ccc(-c3ccccc3)cn2)c1.[Ir].[c-]1cccc2c1-c1nccn1CC2. The zero-order valence-electron chi connectivity index (χ0n) is 19.1. The van der Waals surface area contributed by atoms with Crippen molar-refractivity contribution >= 4 is 5.69 Å². The average Bonchev–Trinajstić information content (AvgIpc) is 3.43. The van der Waals surface area contributed by atoms with Crippen molar-refractivity contribution in [2.75, 3.05) is 0 Å². The molecule has 0 saturated heterocycles. The molecule has 5 aromatic rings. The normalized spacial score (nSPS) is 10.8. The second-order valence-electron chi connectivity index (χ2n) is 7.95. The standard InChI is InChI=1S/C19H10N3.C11H9N2.Ir/c1-21-18-10-14(12-20)9-17(11-18)19-8-7-16(13-22-19)15-5-3-2-4-6-15;1-2-4-10-9(3-1)5-7-13-8-6-12-11(10)13;/h2-8,10-11,13H;1-3,6,8H,5,7H2;/q2*-1;. The first kappa shape index (κ1) is 24.8. The Kier molecular flexibility index (Phi) is 7.83. The number of fused-ring (bicyclic) bond motifs is 3. The summed E-state index contributed by atoms with van der Waals surface area (Å²) in [5, 5.41) is 9.02. The van der Waals surface area contributed by atoms with Gasteiger partial charge in [0.1, 0.15) is 5.69 Å². The monoisotopic (exact) mass is 642 g/mol. The maximum absolute atomic E-state index is 9.02. The number of hydrogen-bond donors (Lipinski definition) is 0. The summed E-state index contributed by atoms with van der Waals surface area (Å²) >= 11 is 0. The summed E-state index contributed by atoms with van der Waals surface area (Å²) in [5.74, 6) is 1.06. The first-order chi connectivity index (χ1) is 17.2. The molecule has 0 fully saturated rings. The summed E-state index contributed by atoms with van der Waals surface area (Å²) in [4.78, 5) is 12.1. The molecule has 6 heteroatoms. The van der Waals surface area contributed by atoms with Crippen LogP contribution < -0.4 is 0 Å². The number of benzene rings is 3. The van der Waals surface area contributed by atoms with Gasteiger partial charge in [-0.15, -0.1) is 59.2 Å². The van der Waals surface area contributed by atoms with Crippen molar-refractivity contribution in [2.24, 2.45) is 0 Å². The minimum Gasteiger partial charge on any atom is -0.371 e. The molecule has 0 bridgehead atoms. The van der Waals surface area contributed by atoms with Crippen LogP contribution in [0.3, 0.4) is 0 Å². The van der Waals surface area contributed by atoms with E-state index in [2.05, 4.69) is 37.6 Å². The summed E-state index contributed by atoms with van der Waals surface area (Å²) < 4.78 is 2.18. The van der Waals surface area contributed by atoms with Gasteiger partial charge < -0.3 is 4.57 Å². The molecule has 0 amide bonds. The molecule has 1 aliphatic heterocycles. The van der Waals surface area contributed by atoms with Crippen molar-refractivity contribution in [1.29, 1.82) is 5.26 Å². The molecule has 0 unspecified atom stereocenters. The van der Waals surface area contributed by atoms with Gasteiger partial charge in [-0.1, -0.05) is 48.0 Å². The molecule has 0 atom stereocenters. The number of rotatable bonds is 2. The van der Waals surface area contributed by atoms with Crippen LogP contribution in [0, 0.1) is 30.0 Å². The summed E-state index contributed by atoms with van der Waals surface area (Å²) in [5.41, 5.74) is 6.76. The van der Waals surface area contributed by atoms with Crippen molar-refractivity contribution in [2.45, 2.75) is 13.0 Å². The van der Waals surface area contributed by atoms with Crippen LogP contribution in [0.4, 0.5) is 5.69 Å². The minimum absolute atomic E-state index is 0. The molecule has 2 aromatic heterocycles. The van der Waals surface area contributed by atoms with E-state index < -0.39 is 0 Å². The second kappa shape index (κ2) is 11.4. The number of pyridine rings is 1. The average molecular weight is 642 g/mol. The maximum atomic E-state index is 9.02. The van der Waals surface area contributed by atoms with Gasteiger partial charge in [0.25, 0.3) is 0 Å². The van der Waals surface area contributed by atoms with Gasteiger partial charge in [0.2, 0.25) is 0 Å². The predicted octanol–water partition coefficient (Wildman–Crippen LogP) is 6.54. The Labute approximate surface area is 223 Å². The van der Waals surface area contributed by atoms with Gasteiger partial charge >= 0.3 is 0 Å². The Balaban J connectivity index is 0.000000185. The van der Waals surface area contributed by atoms with E-state index in [1.165, 1.54) is 17.2 Å². The van der Waals surface area contributed by atoms with E-state index in [1.54, 1.807) is 12.3 Å². The van der Waals surface area contributed by atoms with Crippen LogP contribution in [-0.2, 0) is 33.1 Å².